The van der Waals surface area contributed by atoms with E-state index in [4.69, 9.17) is 14.2 Å². The van der Waals surface area contributed by atoms with E-state index in [9.17, 15) is 14.4 Å². The average Bonchev–Trinajstić information content (AvgIpc) is 3.26. The molecule has 0 aliphatic carbocycles. The number of hydrogen-bond acceptors (Lipinski definition) is 9. The van der Waals surface area contributed by atoms with Crippen LogP contribution in [-0.4, -0.2) is 43.3 Å². The molecule has 0 saturated carbocycles. The molecule has 0 bridgehead atoms. The van der Waals surface area contributed by atoms with Crippen LogP contribution in [0.25, 0.3) is 6.08 Å². The fraction of sp³-hybridized carbons (Fsp3) is 0.375. The van der Waals surface area contributed by atoms with Crippen molar-refractivity contribution in [1.82, 2.24) is 4.57 Å². The molecule has 1 aliphatic rings. The summed E-state index contributed by atoms with van der Waals surface area (Å²) >= 11 is 1.26. The number of benzene rings is 2. The molecule has 0 fully saturated rings. The molecular weight excluding hydrogens is 554 g/mol. The van der Waals surface area contributed by atoms with Crippen LogP contribution in [0.3, 0.4) is 0 Å². The third kappa shape index (κ3) is 6.49. The lowest BCUT2D eigenvalue weighted by molar-refractivity contribution is -0.140. The molecule has 0 amide bonds. The van der Waals surface area contributed by atoms with E-state index in [2.05, 4.69) is 23.7 Å². The van der Waals surface area contributed by atoms with E-state index in [-0.39, 0.29) is 29.4 Å². The van der Waals surface area contributed by atoms with Gasteiger partial charge >= 0.3 is 11.9 Å². The summed E-state index contributed by atoms with van der Waals surface area (Å²) in [5, 5.41) is 0. The van der Waals surface area contributed by atoms with Gasteiger partial charge in [0.15, 0.2) is 16.3 Å². The number of nitrogens with zero attached hydrogens (tertiary/aromatic N) is 3. The van der Waals surface area contributed by atoms with Crippen LogP contribution in [0.15, 0.2) is 63.5 Å². The molecule has 4 rings (SSSR count). The quantitative estimate of drug-likeness (QED) is 0.257. The minimum Gasteiger partial charge on any atom is -0.493 e. The number of carbonyl (C=O) groups is 2. The number of allylic oxidation sites excluding steroid dienone is 1. The molecule has 0 spiro atoms. The summed E-state index contributed by atoms with van der Waals surface area (Å²) in [5.74, 6) is -0.376. The van der Waals surface area contributed by atoms with Crippen molar-refractivity contribution < 1.29 is 23.8 Å². The minimum absolute atomic E-state index is 0.130. The van der Waals surface area contributed by atoms with E-state index >= 15 is 0 Å². The largest absolute Gasteiger partial charge is 0.493 e. The number of ether oxygens (including phenoxy) is 3. The Balaban J connectivity index is 1.87. The summed E-state index contributed by atoms with van der Waals surface area (Å²) in [5.41, 5.74) is 3.04. The molecule has 42 heavy (non-hydrogen) atoms. The Bertz CT molecular complexity index is 1680. The second-order valence-electron chi connectivity index (χ2n) is 10.3. The van der Waals surface area contributed by atoms with Crippen LogP contribution in [-0.2, 0) is 14.3 Å². The number of esters is 2. The fourth-order valence-corrected chi connectivity index (χ4v) is 5.88. The van der Waals surface area contributed by atoms with Crippen LogP contribution in [0, 0.1) is 5.92 Å². The van der Waals surface area contributed by atoms with Crippen molar-refractivity contribution in [2.75, 3.05) is 31.7 Å². The Labute approximate surface area is 249 Å². The van der Waals surface area contributed by atoms with Gasteiger partial charge in [0, 0.05) is 25.7 Å². The van der Waals surface area contributed by atoms with Gasteiger partial charge in [0.2, 0.25) is 0 Å². The normalized spacial score (nSPS) is 14.9. The van der Waals surface area contributed by atoms with Gasteiger partial charge in [-0.2, -0.15) is 0 Å². The van der Waals surface area contributed by atoms with Gasteiger partial charge in [-0.15, -0.1) is 0 Å². The Morgan fingerprint density at radius 2 is 1.79 bits per heavy atom. The van der Waals surface area contributed by atoms with E-state index in [1.165, 1.54) is 29.9 Å². The summed E-state index contributed by atoms with van der Waals surface area (Å²) in [6, 6.07) is 12.2. The summed E-state index contributed by atoms with van der Waals surface area (Å²) in [7, 11) is 1.46. The molecule has 222 valence electrons. The monoisotopic (exact) mass is 591 g/mol. The Kier molecular flexibility index (Phi) is 9.67. The van der Waals surface area contributed by atoms with Gasteiger partial charge in [-0.25, -0.2) is 9.79 Å². The molecular formula is C32H37N3O6S. The molecule has 3 aromatic rings. The maximum absolute atomic E-state index is 14.0. The molecule has 0 radical (unpaired) electrons. The van der Waals surface area contributed by atoms with Gasteiger partial charge in [-0.1, -0.05) is 43.4 Å². The number of hydrogen-bond donors (Lipinski definition) is 0. The molecule has 0 saturated heterocycles. The van der Waals surface area contributed by atoms with E-state index < -0.39 is 18.0 Å². The zero-order chi connectivity index (χ0) is 30.6. The van der Waals surface area contributed by atoms with Gasteiger partial charge in [0.05, 0.1) is 35.6 Å². The van der Waals surface area contributed by atoms with E-state index in [1.54, 1.807) is 25.1 Å². The molecule has 1 aromatic heterocycles. The van der Waals surface area contributed by atoms with Gasteiger partial charge in [0.1, 0.15) is 0 Å². The van der Waals surface area contributed by atoms with Crippen LogP contribution in [0.2, 0.25) is 0 Å². The number of methoxy groups -OCH3 is 1. The SMILES string of the molecule is CCN(CC)c1ccc(/C=c2\sc3n(c2=O)C(c2ccc(OC(C)=O)c(OC)c2)C(C(=O)OCC(C)C)=C(C)N=3)cc1. The van der Waals surface area contributed by atoms with Crippen molar-refractivity contribution >= 4 is 35.0 Å². The van der Waals surface area contributed by atoms with Crippen LogP contribution in [0.1, 0.15) is 58.7 Å². The van der Waals surface area contributed by atoms with Crippen LogP contribution in [0.5, 0.6) is 11.5 Å². The Morgan fingerprint density at radius 3 is 2.38 bits per heavy atom. The molecule has 2 aromatic carbocycles. The van der Waals surface area contributed by atoms with Gasteiger partial charge in [-0.3, -0.25) is 14.2 Å². The highest BCUT2D eigenvalue weighted by atomic mass is 32.1. The fourth-order valence-electron chi connectivity index (χ4n) is 4.83. The Morgan fingerprint density at radius 1 is 1.10 bits per heavy atom. The predicted octanol–water partition coefficient (Wildman–Crippen LogP) is 4.21. The van der Waals surface area contributed by atoms with Crippen molar-refractivity contribution in [2.24, 2.45) is 10.9 Å². The first-order chi connectivity index (χ1) is 20.1. The molecule has 1 atom stereocenters. The van der Waals surface area contributed by atoms with Crippen LogP contribution < -0.4 is 29.3 Å². The molecule has 9 nitrogen and oxygen atoms in total. The number of carbonyl (C=O) groups excluding carboxylic acids is 2. The molecule has 1 unspecified atom stereocenters. The average molecular weight is 592 g/mol. The topological polar surface area (TPSA) is 99.4 Å². The van der Waals surface area contributed by atoms with Crippen LogP contribution >= 0.6 is 11.3 Å². The zero-order valence-electron chi connectivity index (χ0n) is 25.1. The highest BCUT2D eigenvalue weighted by molar-refractivity contribution is 7.07. The van der Waals surface area contributed by atoms with Gasteiger partial charge in [0.25, 0.3) is 5.56 Å². The number of thiazole rings is 1. The number of anilines is 1. The second-order valence-corrected chi connectivity index (χ2v) is 11.4. The van der Waals surface area contributed by atoms with Crippen molar-refractivity contribution in [3.05, 3.63) is 84.5 Å². The molecule has 2 heterocycles. The lowest BCUT2D eigenvalue weighted by Gasteiger charge is -2.25. The highest BCUT2D eigenvalue weighted by Crippen LogP contribution is 2.36. The maximum Gasteiger partial charge on any atom is 0.338 e. The first-order valence-electron chi connectivity index (χ1n) is 14.0. The van der Waals surface area contributed by atoms with Crippen LogP contribution in [0.4, 0.5) is 5.69 Å². The lowest BCUT2D eigenvalue weighted by Crippen LogP contribution is -2.40. The number of rotatable bonds is 10. The molecule has 10 heteroatoms. The van der Waals surface area contributed by atoms with E-state index in [0.29, 0.717) is 26.3 Å². The van der Waals surface area contributed by atoms with Crippen molar-refractivity contribution in [3.8, 4) is 11.5 Å². The smallest absolute Gasteiger partial charge is 0.338 e. The first-order valence-corrected chi connectivity index (χ1v) is 14.8. The number of fused-ring (bicyclic) bond motifs is 1. The van der Waals surface area contributed by atoms with Crippen molar-refractivity contribution in [1.29, 1.82) is 0 Å². The lowest BCUT2D eigenvalue weighted by atomic mass is 9.95. The maximum atomic E-state index is 14.0. The summed E-state index contributed by atoms with van der Waals surface area (Å²) in [6.07, 6.45) is 1.84. The molecule has 0 N–H and O–H groups in total. The zero-order valence-corrected chi connectivity index (χ0v) is 25.9. The molecule has 1 aliphatic heterocycles. The van der Waals surface area contributed by atoms with Gasteiger partial charge < -0.3 is 19.1 Å². The minimum atomic E-state index is -0.826. The van der Waals surface area contributed by atoms with Gasteiger partial charge in [-0.05, 0) is 68.2 Å². The third-order valence-corrected chi connectivity index (χ3v) is 7.85. The first kappa shape index (κ1) is 30.8. The third-order valence-electron chi connectivity index (χ3n) is 6.87. The number of aromatic nitrogens is 1. The van der Waals surface area contributed by atoms with Crippen molar-refractivity contribution in [3.63, 3.8) is 0 Å². The van der Waals surface area contributed by atoms with Crippen molar-refractivity contribution in [2.45, 2.75) is 47.6 Å². The highest BCUT2D eigenvalue weighted by Gasteiger charge is 2.34. The predicted molar refractivity (Wildman–Crippen MR) is 164 cm³/mol. The summed E-state index contributed by atoms with van der Waals surface area (Å²) < 4.78 is 18.4. The summed E-state index contributed by atoms with van der Waals surface area (Å²) in [4.78, 5) is 46.4. The second kappa shape index (κ2) is 13.2. The van der Waals surface area contributed by atoms with E-state index in [1.807, 2.05) is 44.2 Å². The Hall–Kier alpha value is -4.18. The summed E-state index contributed by atoms with van der Waals surface area (Å²) in [6.45, 7) is 13.2. The standard InChI is InChI=1S/C32H37N3O6S/c1-8-34(9-2)24-13-10-22(11-14-24)16-27-30(37)35-29(23-12-15-25(41-21(6)36)26(17-23)39-7)28(20(5)33-32(35)42-27)31(38)40-18-19(3)4/h10-17,19,29H,8-9,18H2,1-7H3/b27-16-. The van der Waals surface area contributed by atoms with E-state index in [0.717, 1.165) is 24.3 Å².